The van der Waals surface area contributed by atoms with Crippen molar-refractivity contribution >= 4 is 8.56 Å². The summed E-state index contributed by atoms with van der Waals surface area (Å²) in [6.45, 7) is 10.9. The van der Waals surface area contributed by atoms with Crippen molar-refractivity contribution in [3.8, 4) is 0 Å². The Labute approximate surface area is 107 Å². The molecule has 0 aromatic heterocycles. The maximum absolute atomic E-state index is 2.89. The van der Waals surface area contributed by atoms with E-state index in [1.165, 1.54) is 77.8 Å². The van der Waals surface area contributed by atoms with Crippen LogP contribution in [0.1, 0.15) is 38.5 Å². The van der Waals surface area contributed by atoms with Crippen LogP contribution in [0.4, 0.5) is 0 Å². The third-order valence-electron chi connectivity index (χ3n) is 5.12. The molecule has 0 aliphatic carbocycles. The molecule has 3 heterocycles. The van der Waals surface area contributed by atoms with Crippen LogP contribution in [0.2, 0.25) is 6.55 Å². The van der Waals surface area contributed by atoms with Crippen molar-refractivity contribution in [3.05, 3.63) is 0 Å². The predicted molar refractivity (Wildman–Crippen MR) is 74.0 cm³/mol. The number of hydrogen-bond acceptors (Lipinski definition) is 3. The van der Waals surface area contributed by atoms with Crippen LogP contribution < -0.4 is 0 Å². The first-order valence-electron chi connectivity index (χ1n) is 7.57. The van der Waals surface area contributed by atoms with Gasteiger partial charge >= 0.3 is 0 Å². The van der Waals surface area contributed by atoms with E-state index < -0.39 is 8.56 Å². The molecular formula is C13H27N3Si. The van der Waals surface area contributed by atoms with Crippen molar-refractivity contribution in [2.75, 3.05) is 39.3 Å². The molecule has 3 nitrogen and oxygen atoms in total. The lowest BCUT2D eigenvalue weighted by Gasteiger charge is -2.48. The van der Waals surface area contributed by atoms with Gasteiger partial charge in [0.25, 0.3) is 8.56 Å². The van der Waals surface area contributed by atoms with Gasteiger partial charge in [-0.05, 0) is 84.3 Å². The lowest BCUT2D eigenvalue weighted by atomic mass is 10.4. The average molecular weight is 253 g/mol. The second-order valence-corrected chi connectivity index (χ2v) is 9.89. The van der Waals surface area contributed by atoms with Gasteiger partial charge < -0.3 is 0 Å². The molecule has 3 saturated heterocycles. The smallest absolute Gasteiger partial charge is 0.286 e. The zero-order valence-electron chi connectivity index (χ0n) is 11.3. The standard InChI is InChI=1S/C13H27N3Si/c1-17(14-8-2-3-9-14,15-10-4-5-11-15)16-12-6-7-13-16/h2-13H2,1H3. The van der Waals surface area contributed by atoms with Gasteiger partial charge in [-0.3, -0.25) is 13.7 Å². The molecule has 0 unspecified atom stereocenters. The molecule has 0 amide bonds. The maximum atomic E-state index is 2.89. The highest BCUT2D eigenvalue weighted by molar-refractivity contribution is 6.70. The van der Waals surface area contributed by atoms with Crippen molar-refractivity contribution in [1.29, 1.82) is 0 Å². The van der Waals surface area contributed by atoms with Crippen LogP contribution in [-0.2, 0) is 0 Å². The molecule has 0 aromatic carbocycles. The van der Waals surface area contributed by atoms with Crippen molar-refractivity contribution in [2.45, 2.75) is 45.1 Å². The van der Waals surface area contributed by atoms with Gasteiger partial charge in [-0.2, -0.15) is 0 Å². The highest BCUT2D eigenvalue weighted by atomic mass is 28.4. The van der Waals surface area contributed by atoms with Crippen LogP contribution in [0.25, 0.3) is 0 Å². The highest BCUT2D eigenvalue weighted by Crippen LogP contribution is 2.30. The van der Waals surface area contributed by atoms with Gasteiger partial charge in [-0.15, -0.1) is 0 Å². The molecule has 98 valence electrons. The Kier molecular flexibility index (Phi) is 3.57. The quantitative estimate of drug-likeness (QED) is 0.711. The molecule has 0 aromatic rings. The summed E-state index contributed by atoms with van der Waals surface area (Å²) in [5, 5.41) is 0. The Morgan fingerprint density at radius 1 is 0.529 bits per heavy atom. The summed E-state index contributed by atoms with van der Waals surface area (Å²) in [5.74, 6) is 0. The predicted octanol–water partition coefficient (Wildman–Crippen LogP) is 1.84. The van der Waals surface area contributed by atoms with E-state index >= 15 is 0 Å². The summed E-state index contributed by atoms with van der Waals surface area (Å²) in [5.41, 5.74) is 0. The molecule has 3 aliphatic heterocycles. The topological polar surface area (TPSA) is 9.72 Å². The monoisotopic (exact) mass is 253 g/mol. The molecule has 0 saturated carbocycles. The van der Waals surface area contributed by atoms with E-state index in [9.17, 15) is 0 Å². The van der Waals surface area contributed by atoms with E-state index in [0.29, 0.717) is 0 Å². The zero-order valence-corrected chi connectivity index (χ0v) is 12.3. The fraction of sp³-hybridized carbons (Fsp3) is 1.00. The van der Waals surface area contributed by atoms with Crippen LogP contribution in [0.5, 0.6) is 0 Å². The minimum absolute atomic E-state index is 1.37. The van der Waals surface area contributed by atoms with Crippen LogP contribution in [0.15, 0.2) is 0 Å². The Morgan fingerprint density at radius 3 is 1.00 bits per heavy atom. The van der Waals surface area contributed by atoms with Gasteiger partial charge in [0.15, 0.2) is 0 Å². The summed E-state index contributed by atoms with van der Waals surface area (Å²) in [6, 6.07) is 0. The molecule has 3 fully saturated rings. The lowest BCUT2D eigenvalue weighted by Crippen LogP contribution is -2.71. The number of hydrogen-bond donors (Lipinski definition) is 0. The minimum Gasteiger partial charge on any atom is -0.300 e. The molecule has 0 spiro atoms. The second kappa shape index (κ2) is 5.00. The highest BCUT2D eigenvalue weighted by Gasteiger charge is 2.48. The van der Waals surface area contributed by atoms with Crippen LogP contribution in [-0.4, -0.2) is 61.5 Å². The average Bonchev–Trinajstić information content (AvgIpc) is 3.10. The van der Waals surface area contributed by atoms with E-state index in [2.05, 4.69) is 20.2 Å². The summed E-state index contributed by atoms with van der Waals surface area (Å²) >= 11 is 0. The van der Waals surface area contributed by atoms with Crippen molar-refractivity contribution < 1.29 is 0 Å². The zero-order chi connectivity index (χ0) is 11.7. The maximum Gasteiger partial charge on any atom is 0.286 e. The van der Waals surface area contributed by atoms with Crippen molar-refractivity contribution in [3.63, 3.8) is 0 Å². The summed E-state index contributed by atoms with van der Waals surface area (Å²) in [7, 11) is -1.45. The summed E-state index contributed by atoms with van der Waals surface area (Å²) in [4.78, 5) is 0. The van der Waals surface area contributed by atoms with E-state index in [1.54, 1.807) is 0 Å². The molecule has 3 rings (SSSR count). The Hall–Kier alpha value is 0.0969. The Balaban J connectivity index is 1.81. The molecule has 0 atom stereocenters. The van der Waals surface area contributed by atoms with Crippen molar-refractivity contribution in [1.82, 2.24) is 13.7 Å². The van der Waals surface area contributed by atoms with E-state index in [-0.39, 0.29) is 0 Å². The van der Waals surface area contributed by atoms with Gasteiger partial charge in [-0.25, -0.2) is 0 Å². The number of rotatable bonds is 3. The first-order valence-corrected chi connectivity index (χ1v) is 9.91. The third-order valence-corrected chi connectivity index (χ3v) is 10.1. The Morgan fingerprint density at radius 2 is 0.765 bits per heavy atom. The molecule has 4 heteroatoms. The molecule has 0 bridgehead atoms. The van der Waals surface area contributed by atoms with Crippen molar-refractivity contribution in [2.24, 2.45) is 0 Å². The normalized spacial score (nSPS) is 29.5. The van der Waals surface area contributed by atoms with Crippen LogP contribution >= 0.6 is 0 Å². The van der Waals surface area contributed by atoms with E-state index in [0.717, 1.165) is 0 Å². The molecule has 17 heavy (non-hydrogen) atoms. The Bertz CT molecular complexity index is 213. The fourth-order valence-corrected chi connectivity index (χ4v) is 8.71. The van der Waals surface area contributed by atoms with Gasteiger partial charge in [-0.1, -0.05) is 0 Å². The van der Waals surface area contributed by atoms with E-state index in [1.807, 2.05) is 0 Å². The van der Waals surface area contributed by atoms with Crippen LogP contribution in [0.3, 0.4) is 0 Å². The number of nitrogens with zero attached hydrogens (tertiary/aromatic N) is 3. The first-order chi connectivity index (χ1) is 8.32. The summed E-state index contributed by atoms with van der Waals surface area (Å²) < 4.78 is 8.68. The van der Waals surface area contributed by atoms with Gasteiger partial charge in [0.05, 0.1) is 0 Å². The van der Waals surface area contributed by atoms with Crippen LogP contribution in [0, 0.1) is 0 Å². The van der Waals surface area contributed by atoms with Gasteiger partial charge in [0, 0.05) is 0 Å². The van der Waals surface area contributed by atoms with Gasteiger partial charge in [0.2, 0.25) is 0 Å². The minimum atomic E-state index is -1.45. The summed E-state index contributed by atoms with van der Waals surface area (Å²) in [6.07, 6.45) is 8.61. The SMILES string of the molecule is C[Si](N1CCCC1)(N1CCCC1)N1CCCC1. The fourth-order valence-electron chi connectivity index (χ4n) is 4.02. The molecular weight excluding hydrogens is 226 g/mol. The molecule has 3 aliphatic rings. The lowest BCUT2D eigenvalue weighted by molar-refractivity contribution is 0.307. The second-order valence-electron chi connectivity index (χ2n) is 6.05. The first kappa shape index (κ1) is 12.1. The third kappa shape index (κ3) is 2.09. The molecule has 0 radical (unpaired) electrons. The van der Waals surface area contributed by atoms with Gasteiger partial charge in [0.1, 0.15) is 0 Å². The largest absolute Gasteiger partial charge is 0.300 e. The van der Waals surface area contributed by atoms with E-state index in [4.69, 9.17) is 0 Å². The molecule has 0 N–H and O–H groups in total.